The van der Waals surface area contributed by atoms with Crippen molar-refractivity contribution in [3.05, 3.63) is 42.4 Å². The highest BCUT2D eigenvalue weighted by Gasteiger charge is 2.20. The quantitative estimate of drug-likeness (QED) is 0.850. The number of rotatable bonds is 5. The third-order valence-corrected chi connectivity index (χ3v) is 4.80. The summed E-state index contributed by atoms with van der Waals surface area (Å²) in [5, 5.41) is 3.45. The van der Waals surface area contributed by atoms with Gasteiger partial charge >= 0.3 is 0 Å². The molecule has 0 radical (unpaired) electrons. The van der Waals surface area contributed by atoms with Crippen LogP contribution in [0.1, 0.15) is 24.6 Å². The Morgan fingerprint density at radius 2 is 1.87 bits per heavy atom. The molecular formula is C17H25Cl2N3S. The smallest absolute Gasteiger partial charge is 0.0958 e. The minimum atomic E-state index is 0. The zero-order valence-electron chi connectivity index (χ0n) is 13.4. The molecule has 3 nitrogen and oxygen atoms in total. The first-order valence-electron chi connectivity index (χ1n) is 7.71. The van der Waals surface area contributed by atoms with E-state index < -0.39 is 0 Å². The second-order valence-corrected chi connectivity index (χ2v) is 6.52. The van der Waals surface area contributed by atoms with Crippen LogP contribution in [-0.4, -0.2) is 34.6 Å². The maximum atomic E-state index is 4.75. The molecule has 0 atom stereocenters. The normalized spacial score (nSPS) is 14.8. The molecule has 3 rings (SSSR count). The van der Waals surface area contributed by atoms with Crippen LogP contribution >= 0.6 is 36.6 Å². The van der Waals surface area contributed by atoms with Gasteiger partial charge in [-0.25, -0.2) is 4.98 Å². The van der Waals surface area contributed by atoms with Crippen LogP contribution in [0.4, 0.5) is 0 Å². The predicted octanol–water partition coefficient (Wildman–Crippen LogP) is 4.22. The van der Waals surface area contributed by atoms with E-state index in [4.69, 9.17) is 4.98 Å². The van der Waals surface area contributed by atoms with Crippen LogP contribution in [0.3, 0.4) is 0 Å². The molecule has 0 spiro atoms. The number of imidazole rings is 1. The average molecular weight is 374 g/mol. The lowest BCUT2D eigenvalue weighted by atomic mass is 10.0. The Balaban J connectivity index is 0.00000132. The van der Waals surface area contributed by atoms with Gasteiger partial charge in [-0.15, -0.1) is 24.8 Å². The molecule has 1 aromatic carbocycles. The molecule has 0 unspecified atom stereocenters. The van der Waals surface area contributed by atoms with Gasteiger partial charge in [0.05, 0.1) is 12.0 Å². The van der Waals surface area contributed by atoms with Crippen LogP contribution in [0.15, 0.2) is 36.7 Å². The van der Waals surface area contributed by atoms with E-state index in [2.05, 4.69) is 52.8 Å². The SMILES string of the molecule is CSCCc1c(-c2ccccc2)ncn1C1CCNCC1.Cl.Cl. The van der Waals surface area contributed by atoms with Gasteiger partial charge in [-0.3, -0.25) is 0 Å². The fraction of sp³-hybridized carbons (Fsp3) is 0.471. The van der Waals surface area contributed by atoms with Crippen molar-refractivity contribution in [1.82, 2.24) is 14.9 Å². The van der Waals surface area contributed by atoms with Gasteiger partial charge in [-0.05, 0) is 44.4 Å². The summed E-state index contributed by atoms with van der Waals surface area (Å²) in [7, 11) is 0. The van der Waals surface area contributed by atoms with E-state index >= 15 is 0 Å². The fourth-order valence-electron chi connectivity index (χ4n) is 3.07. The number of nitrogens with zero attached hydrogens (tertiary/aromatic N) is 2. The van der Waals surface area contributed by atoms with Crippen molar-refractivity contribution in [1.29, 1.82) is 0 Å². The maximum absolute atomic E-state index is 4.75. The molecule has 6 heteroatoms. The summed E-state index contributed by atoms with van der Waals surface area (Å²) in [5.74, 6) is 1.15. The molecule has 0 saturated carbocycles. The molecule has 2 heterocycles. The Hall–Kier alpha value is -0.680. The third-order valence-electron chi connectivity index (χ3n) is 4.19. The number of benzene rings is 1. The summed E-state index contributed by atoms with van der Waals surface area (Å²) in [6, 6.07) is 11.2. The van der Waals surface area contributed by atoms with Crippen LogP contribution in [0.2, 0.25) is 0 Å². The molecule has 0 amide bonds. The second kappa shape index (κ2) is 10.2. The molecule has 1 aliphatic heterocycles. The van der Waals surface area contributed by atoms with Gasteiger partial charge in [0.25, 0.3) is 0 Å². The lowest BCUT2D eigenvalue weighted by Crippen LogP contribution is -2.29. The monoisotopic (exact) mass is 373 g/mol. The van der Waals surface area contributed by atoms with E-state index in [0.717, 1.165) is 25.3 Å². The van der Waals surface area contributed by atoms with Crippen LogP contribution in [0, 0.1) is 0 Å². The summed E-state index contributed by atoms with van der Waals surface area (Å²) in [6.07, 6.45) is 7.74. The molecule has 0 bridgehead atoms. The molecule has 1 N–H and O–H groups in total. The molecule has 128 valence electrons. The minimum absolute atomic E-state index is 0. The molecular weight excluding hydrogens is 349 g/mol. The van der Waals surface area contributed by atoms with E-state index in [1.165, 1.54) is 29.8 Å². The number of nitrogens with one attached hydrogen (secondary N) is 1. The van der Waals surface area contributed by atoms with Crippen molar-refractivity contribution >= 4 is 36.6 Å². The molecule has 1 aromatic heterocycles. The Kier molecular flexibility index (Phi) is 9.07. The Morgan fingerprint density at radius 3 is 2.52 bits per heavy atom. The van der Waals surface area contributed by atoms with E-state index in [1.54, 1.807) is 0 Å². The molecule has 0 aliphatic carbocycles. The number of hydrogen-bond acceptors (Lipinski definition) is 3. The second-order valence-electron chi connectivity index (χ2n) is 5.54. The topological polar surface area (TPSA) is 29.9 Å². The first kappa shape index (κ1) is 20.4. The van der Waals surface area contributed by atoms with E-state index in [-0.39, 0.29) is 24.8 Å². The number of piperidine rings is 1. The van der Waals surface area contributed by atoms with Crippen molar-refractivity contribution in [3.63, 3.8) is 0 Å². The molecule has 2 aromatic rings. The lowest BCUT2D eigenvalue weighted by molar-refractivity contribution is 0.362. The van der Waals surface area contributed by atoms with E-state index in [1.807, 2.05) is 11.8 Å². The number of thioether (sulfide) groups is 1. The van der Waals surface area contributed by atoms with Crippen molar-refractivity contribution < 1.29 is 0 Å². The summed E-state index contributed by atoms with van der Waals surface area (Å²) < 4.78 is 2.44. The fourth-order valence-corrected chi connectivity index (χ4v) is 3.47. The van der Waals surface area contributed by atoms with E-state index in [0.29, 0.717) is 6.04 Å². The first-order valence-corrected chi connectivity index (χ1v) is 9.10. The Bertz CT molecular complexity index is 568. The van der Waals surface area contributed by atoms with Gasteiger partial charge in [0.15, 0.2) is 0 Å². The van der Waals surface area contributed by atoms with Crippen LogP contribution in [0.5, 0.6) is 0 Å². The molecule has 23 heavy (non-hydrogen) atoms. The largest absolute Gasteiger partial charge is 0.331 e. The highest BCUT2D eigenvalue weighted by atomic mass is 35.5. The maximum Gasteiger partial charge on any atom is 0.0958 e. The number of hydrogen-bond donors (Lipinski definition) is 1. The average Bonchev–Trinajstić information content (AvgIpc) is 2.98. The Morgan fingerprint density at radius 1 is 1.17 bits per heavy atom. The van der Waals surface area contributed by atoms with Crippen LogP contribution in [-0.2, 0) is 6.42 Å². The van der Waals surface area contributed by atoms with Crippen molar-refractivity contribution in [2.45, 2.75) is 25.3 Å². The summed E-state index contributed by atoms with van der Waals surface area (Å²) in [6.45, 7) is 2.23. The summed E-state index contributed by atoms with van der Waals surface area (Å²) >= 11 is 1.91. The van der Waals surface area contributed by atoms with Gasteiger partial charge in [0.1, 0.15) is 0 Å². The van der Waals surface area contributed by atoms with E-state index in [9.17, 15) is 0 Å². The lowest BCUT2D eigenvalue weighted by Gasteiger charge is -2.26. The standard InChI is InChI=1S/C17H23N3S.2ClH/c1-21-12-9-16-17(14-5-3-2-4-6-14)19-13-20(16)15-7-10-18-11-8-15;;/h2-6,13,15,18H,7-12H2,1H3;2*1H. The minimum Gasteiger partial charge on any atom is -0.331 e. The Labute approximate surface area is 155 Å². The van der Waals surface area contributed by atoms with Gasteiger partial charge < -0.3 is 9.88 Å². The van der Waals surface area contributed by atoms with Gasteiger partial charge in [-0.2, -0.15) is 11.8 Å². The van der Waals surface area contributed by atoms with Crippen molar-refractivity contribution in [3.8, 4) is 11.3 Å². The van der Waals surface area contributed by atoms with Crippen LogP contribution < -0.4 is 5.32 Å². The zero-order chi connectivity index (χ0) is 14.5. The highest BCUT2D eigenvalue weighted by Crippen LogP contribution is 2.28. The highest BCUT2D eigenvalue weighted by molar-refractivity contribution is 7.98. The van der Waals surface area contributed by atoms with Crippen LogP contribution in [0.25, 0.3) is 11.3 Å². The molecule has 1 aliphatic rings. The molecule has 1 saturated heterocycles. The van der Waals surface area contributed by atoms with Crippen molar-refractivity contribution in [2.75, 3.05) is 25.1 Å². The number of halogens is 2. The summed E-state index contributed by atoms with van der Waals surface area (Å²) in [4.78, 5) is 4.75. The molecule has 1 fully saturated rings. The predicted molar refractivity (Wildman–Crippen MR) is 105 cm³/mol. The zero-order valence-corrected chi connectivity index (χ0v) is 15.9. The third kappa shape index (κ3) is 4.90. The van der Waals surface area contributed by atoms with Gasteiger partial charge in [0.2, 0.25) is 0 Å². The summed E-state index contributed by atoms with van der Waals surface area (Å²) in [5.41, 5.74) is 3.81. The van der Waals surface area contributed by atoms with Gasteiger partial charge in [0, 0.05) is 17.3 Å². The van der Waals surface area contributed by atoms with Crippen molar-refractivity contribution in [2.24, 2.45) is 0 Å². The van der Waals surface area contributed by atoms with Gasteiger partial charge in [-0.1, -0.05) is 30.3 Å². The number of aromatic nitrogens is 2. The first-order chi connectivity index (χ1) is 10.4.